The normalized spacial score (nSPS) is 12.7. The molecule has 0 aromatic heterocycles. The summed E-state index contributed by atoms with van der Waals surface area (Å²) in [5, 5.41) is 23.2. The molecule has 6 nitrogen and oxygen atoms in total. The maximum atomic E-state index is 12.5. The standard InChI is InChI=1S/C73H139NO5/c1-3-5-7-9-11-13-15-17-37-41-45-49-53-57-61-65-71(76)70(69-75)74-72(77)66-62-58-54-50-46-42-39-35-33-31-29-27-25-23-21-19-20-22-24-26-28-30-32-34-36-40-44-48-52-56-60-64-68-79-73(78)67-63-59-55-51-47-43-38-18-16-14-12-10-8-6-4-2/h18,22,24,38,61,65,70-71,75-76H,3-17,19-21,23,25-37,39-60,62-64,66-69H2,1-2H3,(H,74,77)/b24-22-,38-18-,65-61+. The Labute approximate surface area is 494 Å². The molecule has 0 rings (SSSR count). The second kappa shape index (κ2) is 68.6. The number of ether oxygens (including phenoxy) is 1. The molecular formula is C73H139NO5. The van der Waals surface area contributed by atoms with E-state index in [0.29, 0.717) is 19.4 Å². The number of aliphatic hydroxyl groups is 2. The second-order valence-electron chi connectivity index (χ2n) is 24.6. The Morgan fingerprint density at radius 3 is 0.899 bits per heavy atom. The topological polar surface area (TPSA) is 95.9 Å². The lowest BCUT2D eigenvalue weighted by atomic mass is 10.0. The van der Waals surface area contributed by atoms with Gasteiger partial charge in [-0.25, -0.2) is 0 Å². The Kier molecular flexibility index (Phi) is 66.9. The molecule has 0 fully saturated rings. The van der Waals surface area contributed by atoms with E-state index in [-0.39, 0.29) is 18.5 Å². The zero-order valence-corrected chi connectivity index (χ0v) is 53.4. The summed E-state index contributed by atoms with van der Waals surface area (Å²) in [5.41, 5.74) is 0. The van der Waals surface area contributed by atoms with Gasteiger partial charge in [0.1, 0.15) is 0 Å². The van der Waals surface area contributed by atoms with E-state index in [0.717, 1.165) is 44.9 Å². The minimum Gasteiger partial charge on any atom is -0.466 e. The van der Waals surface area contributed by atoms with Crippen molar-refractivity contribution in [3.05, 3.63) is 36.5 Å². The molecule has 0 aliphatic rings. The van der Waals surface area contributed by atoms with E-state index in [4.69, 9.17) is 4.74 Å². The fraction of sp³-hybridized carbons (Fsp3) is 0.890. The van der Waals surface area contributed by atoms with Gasteiger partial charge < -0.3 is 20.3 Å². The molecule has 0 aromatic carbocycles. The third kappa shape index (κ3) is 65.1. The smallest absolute Gasteiger partial charge is 0.305 e. The first-order chi connectivity index (χ1) is 39.0. The highest BCUT2D eigenvalue weighted by molar-refractivity contribution is 5.76. The van der Waals surface area contributed by atoms with E-state index in [9.17, 15) is 19.8 Å². The number of rotatable bonds is 67. The molecule has 1 amide bonds. The van der Waals surface area contributed by atoms with Gasteiger partial charge in [0.15, 0.2) is 0 Å². The van der Waals surface area contributed by atoms with E-state index >= 15 is 0 Å². The van der Waals surface area contributed by atoms with Gasteiger partial charge in [0, 0.05) is 12.8 Å². The zero-order valence-electron chi connectivity index (χ0n) is 53.4. The second-order valence-corrected chi connectivity index (χ2v) is 24.6. The summed E-state index contributed by atoms with van der Waals surface area (Å²) in [6.45, 7) is 4.92. The van der Waals surface area contributed by atoms with Crippen LogP contribution in [0.4, 0.5) is 0 Å². The average molecular weight is 1110 g/mol. The van der Waals surface area contributed by atoms with Crippen LogP contribution in [0.3, 0.4) is 0 Å². The van der Waals surface area contributed by atoms with Crippen molar-refractivity contribution in [3.63, 3.8) is 0 Å². The van der Waals surface area contributed by atoms with Crippen LogP contribution in [0.1, 0.15) is 393 Å². The highest BCUT2D eigenvalue weighted by Gasteiger charge is 2.18. The predicted molar refractivity (Wildman–Crippen MR) is 347 cm³/mol. The average Bonchev–Trinajstić information content (AvgIpc) is 3.45. The third-order valence-electron chi connectivity index (χ3n) is 16.6. The van der Waals surface area contributed by atoms with Crippen molar-refractivity contribution in [2.75, 3.05) is 13.2 Å². The molecule has 0 saturated carbocycles. The summed E-state index contributed by atoms with van der Waals surface area (Å²) >= 11 is 0. The molecule has 3 N–H and O–H groups in total. The zero-order chi connectivity index (χ0) is 57.1. The van der Waals surface area contributed by atoms with Crippen LogP contribution >= 0.6 is 0 Å². The van der Waals surface area contributed by atoms with Crippen LogP contribution in [-0.4, -0.2) is 47.4 Å². The first-order valence-electron chi connectivity index (χ1n) is 35.8. The van der Waals surface area contributed by atoms with Crippen LogP contribution < -0.4 is 5.32 Å². The van der Waals surface area contributed by atoms with Gasteiger partial charge in [-0.3, -0.25) is 9.59 Å². The molecule has 0 heterocycles. The number of aliphatic hydroxyl groups excluding tert-OH is 2. The van der Waals surface area contributed by atoms with Crippen LogP contribution in [0.15, 0.2) is 36.5 Å². The molecule has 0 radical (unpaired) electrons. The van der Waals surface area contributed by atoms with E-state index in [2.05, 4.69) is 43.5 Å². The predicted octanol–water partition coefficient (Wildman–Crippen LogP) is 23.1. The minimum absolute atomic E-state index is 0.0103. The number of hydrogen-bond donors (Lipinski definition) is 3. The lowest BCUT2D eigenvalue weighted by molar-refractivity contribution is -0.143. The Morgan fingerprint density at radius 2 is 0.595 bits per heavy atom. The van der Waals surface area contributed by atoms with Crippen molar-refractivity contribution >= 4 is 11.9 Å². The van der Waals surface area contributed by atoms with Crippen molar-refractivity contribution in [2.45, 2.75) is 405 Å². The van der Waals surface area contributed by atoms with Crippen molar-refractivity contribution in [3.8, 4) is 0 Å². The molecule has 2 unspecified atom stereocenters. The van der Waals surface area contributed by atoms with Crippen LogP contribution in [-0.2, 0) is 14.3 Å². The highest BCUT2D eigenvalue weighted by atomic mass is 16.5. The Balaban J connectivity index is 3.36. The van der Waals surface area contributed by atoms with Crippen molar-refractivity contribution in [1.82, 2.24) is 5.32 Å². The van der Waals surface area contributed by atoms with Crippen LogP contribution in [0.25, 0.3) is 0 Å². The van der Waals surface area contributed by atoms with Gasteiger partial charge in [0.25, 0.3) is 0 Å². The molecule has 79 heavy (non-hydrogen) atoms. The van der Waals surface area contributed by atoms with Gasteiger partial charge in [0.05, 0.1) is 25.4 Å². The number of carbonyl (C=O) groups excluding carboxylic acids is 2. The van der Waals surface area contributed by atoms with Crippen LogP contribution in [0.2, 0.25) is 0 Å². The molecule has 6 heteroatoms. The lowest BCUT2D eigenvalue weighted by Crippen LogP contribution is -2.45. The van der Waals surface area contributed by atoms with Gasteiger partial charge in [0.2, 0.25) is 5.91 Å². The molecule has 0 aliphatic heterocycles. The quantitative estimate of drug-likeness (QED) is 0.0320. The monoisotopic (exact) mass is 1110 g/mol. The number of allylic oxidation sites excluding steroid dienone is 5. The molecular weight excluding hydrogens is 971 g/mol. The molecule has 2 atom stereocenters. The van der Waals surface area contributed by atoms with E-state index in [1.165, 1.54) is 321 Å². The minimum atomic E-state index is -0.842. The summed E-state index contributed by atoms with van der Waals surface area (Å²) in [6, 6.07) is -0.626. The summed E-state index contributed by atoms with van der Waals surface area (Å²) in [4.78, 5) is 24.6. The number of hydrogen-bond acceptors (Lipinski definition) is 5. The lowest BCUT2D eigenvalue weighted by Gasteiger charge is -2.20. The first-order valence-corrected chi connectivity index (χ1v) is 35.8. The van der Waals surface area contributed by atoms with Crippen molar-refractivity contribution in [1.29, 1.82) is 0 Å². The highest BCUT2D eigenvalue weighted by Crippen LogP contribution is 2.18. The maximum Gasteiger partial charge on any atom is 0.305 e. The molecule has 0 bridgehead atoms. The first kappa shape index (κ1) is 77.1. The van der Waals surface area contributed by atoms with Crippen molar-refractivity contribution < 1.29 is 24.5 Å². The summed E-state index contributed by atoms with van der Waals surface area (Å²) in [7, 11) is 0. The molecule has 0 spiro atoms. The fourth-order valence-corrected chi connectivity index (χ4v) is 11.2. The van der Waals surface area contributed by atoms with Gasteiger partial charge >= 0.3 is 5.97 Å². The Hall–Kier alpha value is -1.92. The fourth-order valence-electron chi connectivity index (χ4n) is 11.2. The number of amides is 1. The Morgan fingerprint density at radius 1 is 0.342 bits per heavy atom. The molecule has 0 saturated heterocycles. The van der Waals surface area contributed by atoms with Crippen molar-refractivity contribution in [2.24, 2.45) is 0 Å². The van der Waals surface area contributed by atoms with Gasteiger partial charge in [-0.15, -0.1) is 0 Å². The van der Waals surface area contributed by atoms with Gasteiger partial charge in [-0.2, -0.15) is 0 Å². The van der Waals surface area contributed by atoms with Gasteiger partial charge in [-0.1, -0.05) is 333 Å². The SMILES string of the molecule is CCCCCCCC/C=C\CCCCCCCC(=O)OCCCCCCCCCCCCCC/C=C\CCCCCCCCCCCCCCCCCCC(=O)NC(CO)C(O)/C=C/CCCCCCCCCCCCCCC. The molecule has 0 aliphatic carbocycles. The Bertz CT molecular complexity index is 1280. The summed E-state index contributed by atoms with van der Waals surface area (Å²) < 4.78 is 5.49. The van der Waals surface area contributed by atoms with E-state index in [1.54, 1.807) is 6.08 Å². The number of esters is 1. The largest absolute Gasteiger partial charge is 0.466 e. The van der Waals surface area contributed by atoms with Crippen LogP contribution in [0, 0.1) is 0 Å². The van der Waals surface area contributed by atoms with Gasteiger partial charge in [-0.05, 0) is 83.5 Å². The molecule has 0 aromatic rings. The van der Waals surface area contributed by atoms with Crippen LogP contribution in [0.5, 0.6) is 0 Å². The summed E-state index contributed by atoms with van der Waals surface area (Å²) in [5.74, 6) is -0.0529. The third-order valence-corrected chi connectivity index (χ3v) is 16.6. The molecule has 466 valence electrons. The van der Waals surface area contributed by atoms with E-state index in [1.807, 2.05) is 6.08 Å². The maximum absolute atomic E-state index is 12.5. The number of unbranched alkanes of at least 4 members (excludes halogenated alkanes) is 52. The number of nitrogens with one attached hydrogen (secondary N) is 1. The summed E-state index contributed by atoms with van der Waals surface area (Å²) in [6.07, 6.45) is 88.0. The van der Waals surface area contributed by atoms with E-state index < -0.39 is 12.1 Å². The number of carbonyl (C=O) groups is 2.